The lowest BCUT2D eigenvalue weighted by atomic mass is 9.90. The SMILES string of the molecule is CC=C1CC=CC(O)=C1c1ccccc1O.CCCCC(CCCC)=C(CCCC)CCCC. The van der Waals surface area contributed by atoms with Gasteiger partial charge in [-0.25, -0.2) is 0 Å². The van der Waals surface area contributed by atoms with Gasteiger partial charge in [0.2, 0.25) is 0 Å². The molecule has 2 rings (SSSR count). The quantitative estimate of drug-likeness (QED) is 0.284. The molecule has 2 nitrogen and oxygen atoms in total. The average Bonchev–Trinajstić information content (AvgIpc) is 2.85. The summed E-state index contributed by atoms with van der Waals surface area (Å²) >= 11 is 0. The summed E-state index contributed by atoms with van der Waals surface area (Å²) in [5, 5.41) is 19.7. The van der Waals surface area contributed by atoms with Crippen LogP contribution in [-0.4, -0.2) is 10.2 Å². The van der Waals surface area contributed by atoms with E-state index in [1.54, 1.807) is 18.2 Å². The summed E-state index contributed by atoms with van der Waals surface area (Å²) < 4.78 is 0. The van der Waals surface area contributed by atoms with E-state index in [2.05, 4.69) is 27.7 Å². The van der Waals surface area contributed by atoms with Crippen molar-refractivity contribution in [3.05, 3.63) is 70.5 Å². The van der Waals surface area contributed by atoms with E-state index in [-0.39, 0.29) is 11.5 Å². The minimum atomic E-state index is 0.193. The van der Waals surface area contributed by atoms with Gasteiger partial charge < -0.3 is 10.2 Å². The van der Waals surface area contributed by atoms with E-state index in [4.69, 9.17) is 0 Å². The van der Waals surface area contributed by atoms with Crippen LogP contribution in [0.1, 0.15) is 124 Å². The van der Waals surface area contributed by atoms with E-state index >= 15 is 0 Å². The molecule has 1 aromatic rings. The Morgan fingerprint density at radius 3 is 1.65 bits per heavy atom. The van der Waals surface area contributed by atoms with Crippen molar-refractivity contribution in [1.82, 2.24) is 0 Å². The van der Waals surface area contributed by atoms with E-state index in [0.717, 1.165) is 17.6 Å². The van der Waals surface area contributed by atoms with Gasteiger partial charge in [0, 0.05) is 11.1 Å². The molecule has 190 valence electrons. The van der Waals surface area contributed by atoms with E-state index in [9.17, 15) is 10.2 Å². The molecule has 0 amide bonds. The molecular formula is C32H50O2. The van der Waals surface area contributed by atoms with Crippen molar-refractivity contribution >= 4 is 5.57 Å². The van der Waals surface area contributed by atoms with Gasteiger partial charge in [0.25, 0.3) is 0 Å². The lowest BCUT2D eigenvalue weighted by Gasteiger charge is -2.16. The number of phenolic OH excluding ortho intramolecular Hbond substituents is 1. The third kappa shape index (κ3) is 10.4. The Balaban J connectivity index is 0.000000341. The number of rotatable bonds is 13. The van der Waals surface area contributed by atoms with Gasteiger partial charge in [0.05, 0.1) is 0 Å². The predicted octanol–water partition coefficient (Wildman–Crippen LogP) is 10.6. The first kappa shape index (κ1) is 29.8. The van der Waals surface area contributed by atoms with Crippen LogP contribution in [0.25, 0.3) is 5.57 Å². The van der Waals surface area contributed by atoms with Crippen LogP contribution >= 0.6 is 0 Å². The van der Waals surface area contributed by atoms with Crippen molar-refractivity contribution < 1.29 is 10.2 Å². The highest BCUT2D eigenvalue weighted by atomic mass is 16.3. The molecule has 0 spiro atoms. The molecule has 2 heteroatoms. The fraction of sp³-hybridized carbons (Fsp3) is 0.562. The van der Waals surface area contributed by atoms with Gasteiger partial charge in [-0.15, -0.1) is 0 Å². The summed E-state index contributed by atoms with van der Waals surface area (Å²) in [6.07, 6.45) is 22.7. The molecule has 0 atom stereocenters. The Hall–Kier alpha value is -2.22. The second kappa shape index (κ2) is 18.2. The molecule has 0 heterocycles. The fourth-order valence-corrected chi connectivity index (χ4v) is 4.42. The minimum Gasteiger partial charge on any atom is -0.507 e. The Labute approximate surface area is 210 Å². The maximum Gasteiger partial charge on any atom is 0.123 e. The summed E-state index contributed by atoms with van der Waals surface area (Å²) in [5.74, 6) is 0.402. The number of unbranched alkanes of at least 4 members (excludes halogenated alkanes) is 4. The number of aliphatic hydroxyl groups is 1. The topological polar surface area (TPSA) is 40.5 Å². The number of hydrogen-bond donors (Lipinski definition) is 2. The third-order valence-corrected chi connectivity index (χ3v) is 6.54. The van der Waals surface area contributed by atoms with Crippen LogP contribution < -0.4 is 0 Å². The third-order valence-electron chi connectivity index (χ3n) is 6.54. The van der Waals surface area contributed by atoms with Gasteiger partial charge in [-0.3, -0.25) is 0 Å². The first-order valence-electron chi connectivity index (χ1n) is 13.8. The van der Waals surface area contributed by atoms with Crippen LogP contribution in [0.15, 0.2) is 65.0 Å². The van der Waals surface area contributed by atoms with Crippen LogP contribution in [0, 0.1) is 0 Å². The van der Waals surface area contributed by atoms with Gasteiger partial charge in [-0.05, 0) is 82.4 Å². The molecular weight excluding hydrogens is 416 g/mol. The molecule has 0 radical (unpaired) electrons. The summed E-state index contributed by atoms with van der Waals surface area (Å²) in [6.45, 7) is 11.2. The highest BCUT2D eigenvalue weighted by molar-refractivity contribution is 5.85. The molecule has 1 aromatic carbocycles. The van der Waals surface area contributed by atoms with Crippen molar-refractivity contribution in [1.29, 1.82) is 0 Å². The van der Waals surface area contributed by atoms with Crippen LogP contribution in [-0.2, 0) is 0 Å². The molecule has 1 aliphatic carbocycles. The number of hydrogen-bond acceptors (Lipinski definition) is 2. The maximum absolute atomic E-state index is 9.89. The summed E-state index contributed by atoms with van der Waals surface area (Å²) in [7, 11) is 0. The average molecular weight is 467 g/mol. The van der Waals surface area contributed by atoms with Crippen molar-refractivity contribution in [3.8, 4) is 5.75 Å². The van der Waals surface area contributed by atoms with Crippen LogP contribution in [0.2, 0.25) is 0 Å². The highest BCUT2D eigenvalue weighted by Gasteiger charge is 2.17. The first-order valence-corrected chi connectivity index (χ1v) is 13.8. The standard InChI is InChI=1S/C18H36.C14H14O2/c1-5-9-13-17(14-10-6-2)18(15-11-7-3)16-12-8-4;1-2-10-6-5-9-13(16)14(10)11-7-3-4-8-12(11)15/h5-16H2,1-4H3;2-5,7-9,15-16H,6H2,1H3. The highest BCUT2D eigenvalue weighted by Crippen LogP contribution is 2.36. The molecule has 0 fully saturated rings. The lowest BCUT2D eigenvalue weighted by molar-refractivity contribution is 0.432. The van der Waals surface area contributed by atoms with Crippen molar-refractivity contribution in [2.75, 3.05) is 0 Å². The van der Waals surface area contributed by atoms with Crippen molar-refractivity contribution in [3.63, 3.8) is 0 Å². The van der Waals surface area contributed by atoms with Crippen LogP contribution in [0.3, 0.4) is 0 Å². The number of para-hydroxylation sites is 1. The molecule has 2 N–H and O–H groups in total. The maximum atomic E-state index is 9.89. The van der Waals surface area contributed by atoms with Gasteiger partial charge in [-0.1, -0.05) is 94.9 Å². The molecule has 0 saturated heterocycles. The molecule has 1 aliphatic rings. The second-order valence-electron chi connectivity index (χ2n) is 9.32. The predicted molar refractivity (Wildman–Crippen MR) is 150 cm³/mol. The number of benzene rings is 1. The van der Waals surface area contributed by atoms with Crippen LogP contribution in [0.4, 0.5) is 0 Å². The molecule has 34 heavy (non-hydrogen) atoms. The molecule has 0 bridgehead atoms. The number of aromatic hydroxyl groups is 1. The van der Waals surface area contributed by atoms with Gasteiger partial charge in [-0.2, -0.15) is 0 Å². The first-order chi connectivity index (χ1) is 16.5. The molecule has 0 aromatic heterocycles. The summed E-state index contributed by atoms with van der Waals surface area (Å²) in [4.78, 5) is 0. The Morgan fingerprint density at radius 2 is 1.24 bits per heavy atom. The Kier molecular flexibility index (Phi) is 15.9. The van der Waals surface area contributed by atoms with E-state index < -0.39 is 0 Å². The smallest absolute Gasteiger partial charge is 0.123 e. The summed E-state index contributed by atoms with van der Waals surface area (Å²) in [5.41, 5.74) is 6.10. The van der Waals surface area contributed by atoms with Gasteiger partial charge in [0.15, 0.2) is 0 Å². The Morgan fingerprint density at radius 1 is 0.765 bits per heavy atom. The van der Waals surface area contributed by atoms with Crippen molar-refractivity contribution in [2.24, 2.45) is 0 Å². The number of allylic oxidation sites excluding steroid dienone is 7. The normalized spacial score (nSPS) is 14.2. The zero-order valence-electron chi connectivity index (χ0n) is 22.6. The fourth-order valence-electron chi connectivity index (χ4n) is 4.42. The Bertz CT molecular complexity index is 781. The van der Waals surface area contributed by atoms with E-state index in [1.165, 1.54) is 77.0 Å². The summed E-state index contributed by atoms with van der Waals surface area (Å²) in [6, 6.07) is 7.05. The van der Waals surface area contributed by atoms with Gasteiger partial charge >= 0.3 is 0 Å². The monoisotopic (exact) mass is 466 g/mol. The second-order valence-corrected chi connectivity index (χ2v) is 9.32. The largest absolute Gasteiger partial charge is 0.507 e. The van der Waals surface area contributed by atoms with Crippen molar-refractivity contribution in [2.45, 2.75) is 118 Å². The zero-order chi connectivity index (χ0) is 25.2. The molecule has 0 aliphatic heterocycles. The zero-order valence-corrected chi connectivity index (χ0v) is 22.6. The van der Waals surface area contributed by atoms with Gasteiger partial charge in [0.1, 0.15) is 11.5 Å². The van der Waals surface area contributed by atoms with E-state index in [0.29, 0.717) is 5.56 Å². The molecule has 0 saturated carbocycles. The minimum absolute atomic E-state index is 0.193. The van der Waals surface area contributed by atoms with E-state index in [1.807, 2.05) is 42.4 Å². The number of aliphatic hydroxyl groups excluding tert-OH is 1. The lowest BCUT2D eigenvalue weighted by Crippen LogP contribution is -1.98. The number of phenols is 1. The molecule has 0 unspecified atom stereocenters. The van der Waals surface area contributed by atoms with Crippen LogP contribution in [0.5, 0.6) is 5.75 Å².